The van der Waals surface area contributed by atoms with Gasteiger partial charge in [-0.25, -0.2) is 0 Å². The van der Waals surface area contributed by atoms with Crippen LogP contribution in [-0.2, 0) is 13.0 Å². The highest BCUT2D eigenvalue weighted by molar-refractivity contribution is 5.94. The van der Waals surface area contributed by atoms with E-state index >= 15 is 0 Å². The van der Waals surface area contributed by atoms with Gasteiger partial charge in [0.15, 0.2) is 5.82 Å². The Hall–Kier alpha value is -2.47. The molecule has 0 saturated carbocycles. The fourth-order valence-corrected chi connectivity index (χ4v) is 4.30. The predicted octanol–water partition coefficient (Wildman–Crippen LogP) is 4.24. The van der Waals surface area contributed by atoms with Crippen molar-refractivity contribution in [2.45, 2.75) is 67.0 Å². The molecule has 1 atom stereocenters. The number of benzene rings is 1. The van der Waals surface area contributed by atoms with Gasteiger partial charge in [0.1, 0.15) is 5.82 Å². The van der Waals surface area contributed by atoms with Gasteiger partial charge in [0.05, 0.1) is 6.04 Å². The zero-order valence-corrected chi connectivity index (χ0v) is 19.9. The average Bonchev–Trinajstić information content (AvgIpc) is 3.00. The van der Waals surface area contributed by atoms with E-state index < -0.39 is 0 Å². The third-order valence-corrected chi connectivity index (χ3v) is 5.92. The summed E-state index contributed by atoms with van der Waals surface area (Å²) in [6.45, 7) is 16.5. The minimum Gasteiger partial charge on any atom is -0.342 e. The van der Waals surface area contributed by atoms with Gasteiger partial charge >= 0.3 is 0 Å². The number of nitrogens with one attached hydrogen (secondary N) is 1. The number of hydrogen-bond donors (Lipinski definition) is 1. The SMILES string of the molecule is C/C=C(\C)CN1CCc2nnc([C@@H](CC(C)C)NC(=O)c3cc(C)cc(C)c3)n2CC1. The van der Waals surface area contributed by atoms with Gasteiger partial charge in [-0.2, -0.15) is 0 Å². The van der Waals surface area contributed by atoms with Crippen LogP contribution in [0.2, 0.25) is 0 Å². The van der Waals surface area contributed by atoms with Crippen molar-refractivity contribution in [2.75, 3.05) is 19.6 Å². The van der Waals surface area contributed by atoms with Gasteiger partial charge < -0.3 is 9.88 Å². The molecule has 6 nitrogen and oxygen atoms in total. The van der Waals surface area contributed by atoms with Crippen molar-refractivity contribution < 1.29 is 4.79 Å². The number of fused-ring (bicyclic) bond motifs is 1. The van der Waals surface area contributed by atoms with Crippen LogP contribution in [0.5, 0.6) is 0 Å². The van der Waals surface area contributed by atoms with Crippen LogP contribution in [0.25, 0.3) is 0 Å². The van der Waals surface area contributed by atoms with Gasteiger partial charge in [0, 0.05) is 38.2 Å². The Morgan fingerprint density at radius 1 is 1.13 bits per heavy atom. The number of amides is 1. The first-order valence-electron chi connectivity index (χ1n) is 11.4. The highest BCUT2D eigenvalue weighted by Gasteiger charge is 2.26. The smallest absolute Gasteiger partial charge is 0.251 e. The summed E-state index contributed by atoms with van der Waals surface area (Å²) in [6, 6.07) is 5.82. The monoisotopic (exact) mass is 423 g/mol. The minimum atomic E-state index is -0.154. The van der Waals surface area contributed by atoms with E-state index in [0.29, 0.717) is 11.5 Å². The molecule has 1 aliphatic heterocycles. The summed E-state index contributed by atoms with van der Waals surface area (Å²) in [6.07, 6.45) is 3.89. The predicted molar refractivity (Wildman–Crippen MR) is 125 cm³/mol. The molecule has 0 fully saturated rings. The number of carbonyl (C=O) groups excluding carboxylic acids is 1. The Kier molecular flexibility index (Phi) is 7.65. The average molecular weight is 424 g/mol. The number of allylic oxidation sites excluding steroid dienone is 1. The number of aromatic nitrogens is 3. The van der Waals surface area contributed by atoms with Gasteiger partial charge in [-0.15, -0.1) is 10.2 Å². The molecule has 2 heterocycles. The molecule has 31 heavy (non-hydrogen) atoms. The van der Waals surface area contributed by atoms with Gasteiger partial charge in [0.25, 0.3) is 5.91 Å². The molecule has 1 aliphatic rings. The molecule has 1 aromatic heterocycles. The highest BCUT2D eigenvalue weighted by Crippen LogP contribution is 2.23. The second-order valence-electron chi connectivity index (χ2n) is 9.32. The second kappa shape index (κ2) is 10.2. The van der Waals surface area contributed by atoms with E-state index in [9.17, 15) is 4.79 Å². The second-order valence-corrected chi connectivity index (χ2v) is 9.32. The van der Waals surface area contributed by atoms with Crippen LogP contribution in [0.15, 0.2) is 29.8 Å². The fourth-order valence-electron chi connectivity index (χ4n) is 4.30. The Bertz CT molecular complexity index is 923. The summed E-state index contributed by atoms with van der Waals surface area (Å²) in [5.41, 5.74) is 4.28. The van der Waals surface area contributed by atoms with Gasteiger partial charge in [0.2, 0.25) is 0 Å². The van der Waals surface area contributed by atoms with Crippen LogP contribution in [0, 0.1) is 19.8 Å². The van der Waals surface area contributed by atoms with E-state index in [2.05, 4.69) is 64.8 Å². The van der Waals surface area contributed by atoms with Crippen LogP contribution in [0.1, 0.15) is 73.3 Å². The Balaban J connectivity index is 1.81. The molecule has 0 radical (unpaired) electrons. The number of carbonyl (C=O) groups is 1. The maximum Gasteiger partial charge on any atom is 0.251 e. The Morgan fingerprint density at radius 3 is 2.48 bits per heavy atom. The summed E-state index contributed by atoms with van der Waals surface area (Å²) >= 11 is 0. The lowest BCUT2D eigenvalue weighted by Crippen LogP contribution is -2.33. The van der Waals surface area contributed by atoms with Crippen molar-refractivity contribution in [1.29, 1.82) is 0 Å². The molecule has 1 N–H and O–H groups in total. The standard InChI is InChI=1S/C25H37N5O/c1-7-18(4)16-29-9-8-23-27-28-24(30(23)11-10-29)22(12-17(2)3)26-25(31)21-14-19(5)13-20(6)15-21/h7,13-15,17,22H,8-12,16H2,1-6H3,(H,26,31)/b18-7+/t22-/m1/s1. The van der Waals surface area contributed by atoms with E-state index in [0.717, 1.165) is 61.8 Å². The molecular formula is C25H37N5O. The molecule has 3 rings (SSSR count). The van der Waals surface area contributed by atoms with E-state index in [4.69, 9.17) is 0 Å². The fraction of sp³-hybridized carbons (Fsp3) is 0.560. The van der Waals surface area contributed by atoms with E-state index in [-0.39, 0.29) is 11.9 Å². The third-order valence-electron chi connectivity index (χ3n) is 5.92. The molecule has 0 saturated heterocycles. The third kappa shape index (κ3) is 6.03. The molecule has 1 amide bonds. The number of hydrogen-bond acceptors (Lipinski definition) is 4. The molecule has 168 valence electrons. The molecule has 0 spiro atoms. The van der Waals surface area contributed by atoms with Gasteiger partial charge in [-0.05, 0) is 52.2 Å². The van der Waals surface area contributed by atoms with Crippen molar-refractivity contribution in [3.63, 3.8) is 0 Å². The van der Waals surface area contributed by atoms with Crippen molar-refractivity contribution in [1.82, 2.24) is 25.0 Å². The van der Waals surface area contributed by atoms with E-state index in [1.54, 1.807) is 0 Å². The Labute approximate surface area is 186 Å². The number of rotatable bonds is 7. The topological polar surface area (TPSA) is 63.1 Å². The van der Waals surface area contributed by atoms with Crippen molar-refractivity contribution in [2.24, 2.45) is 5.92 Å². The summed E-state index contributed by atoms with van der Waals surface area (Å²) in [5, 5.41) is 12.3. The first-order valence-corrected chi connectivity index (χ1v) is 11.4. The van der Waals surface area contributed by atoms with Crippen LogP contribution < -0.4 is 5.32 Å². The molecule has 0 bridgehead atoms. The molecule has 2 aromatic rings. The molecular weight excluding hydrogens is 386 g/mol. The minimum absolute atomic E-state index is 0.0474. The zero-order valence-electron chi connectivity index (χ0n) is 19.9. The van der Waals surface area contributed by atoms with Gasteiger partial charge in [-0.1, -0.05) is 42.7 Å². The lowest BCUT2D eigenvalue weighted by atomic mass is 10.0. The maximum absolute atomic E-state index is 13.1. The van der Waals surface area contributed by atoms with Crippen LogP contribution in [0.3, 0.4) is 0 Å². The quantitative estimate of drug-likeness (QED) is 0.677. The van der Waals surface area contributed by atoms with Crippen LogP contribution in [0.4, 0.5) is 0 Å². The molecule has 1 aromatic carbocycles. The van der Waals surface area contributed by atoms with Crippen LogP contribution in [-0.4, -0.2) is 45.2 Å². The first kappa shape index (κ1) is 23.2. The molecule has 0 aliphatic carbocycles. The van der Waals surface area contributed by atoms with E-state index in [1.165, 1.54) is 5.57 Å². The summed E-state index contributed by atoms with van der Waals surface area (Å²) < 4.78 is 2.24. The van der Waals surface area contributed by atoms with Crippen molar-refractivity contribution in [3.8, 4) is 0 Å². The maximum atomic E-state index is 13.1. The van der Waals surface area contributed by atoms with E-state index in [1.807, 2.05) is 26.0 Å². The van der Waals surface area contributed by atoms with Crippen molar-refractivity contribution >= 4 is 5.91 Å². The molecule has 0 unspecified atom stereocenters. The first-order chi connectivity index (χ1) is 14.8. The summed E-state index contributed by atoms with van der Waals surface area (Å²) in [5.74, 6) is 2.28. The normalized spacial score (nSPS) is 16.2. The lowest BCUT2D eigenvalue weighted by molar-refractivity contribution is 0.0928. The van der Waals surface area contributed by atoms with Crippen LogP contribution >= 0.6 is 0 Å². The lowest BCUT2D eigenvalue weighted by Gasteiger charge is -2.22. The Morgan fingerprint density at radius 2 is 1.84 bits per heavy atom. The van der Waals surface area contributed by atoms with Crippen molar-refractivity contribution in [3.05, 3.63) is 58.2 Å². The number of aryl methyl sites for hydroxylation is 2. The highest BCUT2D eigenvalue weighted by atomic mass is 16.1. The molecule has 6 heteroatoms. The van der Waals surface area contributed by atoms with Gasteiger partial charge in [-0.3, -0.25) is 9.69 Å². The largest absolute Gasteiger partial charge is 0.342 e. The summed E-state index contributed by atoms with van der Waals surface area (Å²) in [4.78, 5) is 15.6. The number of nitrogens with zero attached hydrogens (tertiary/aromatic N) is 4. The summed E-state index contributed by atoms with van der Waals surface area (Å²) in [7, 11) is 0. The zero-order chi connectivity index (χ0) is 22.5.